The lowest BCUT2D eigenvalue weighted by Gasteiger charge is -2.41. The molecular formula is C24H40N4O2. The van der Waals surface area contributed by atoms with Crippen molar-refractivity contribution in [1.82, 2.24) is 15.5 Å². The van der Waals surface area contributed by atoms with Gasteiger partial charge in [-0.15, -0.1) is 0 Å². The van der Waals surface area contributed by atoms with Crippen molar-refractivity contribution in [2.75, 3.05) is 53.6 Å². The molecule has 0 spiro atoms. The number of methoxy groups -OCH3 is 2. The van der Waals surface area contributed by atoms with Gasteiger partial charge in [-0.05, 0) is 63.6 Å². The predicted octanol–water partition coefficient (Wildman–Crippen LogP) is 3.59. The summed E-state index contributed by atoms with van der Waals surface area (Å²) in [6.45, 7) is 7.77. The van der Waals surface area contributed by atoms with E-state index in [1.54, 1.807) is 14.2 Å². The number of para-hydroxylation sites is 1. The first-order valence-corrected chi connectivity index (χ1v) is 11.6. The third-order valence-electron chi connectivity index (χ3n) is 6.71. The Balaban J connectivity index is 1.69. The lowest BCUT2D eigenvalue weighted by molar-refractivity contribution is 0.0778. The number of hydrogen-bond acceptors (Lipinski definition) is 4. The molecule has 1 unspecified atom stereocenters. The SMILES string of the molecule is CCNC(=NCC1(CCOC)CCC1)NCC(c1ccccc1OC)N1CCCC1. The Morgan fingerprint density at radius 1 is 1.13 bits per heavy atom. The molecule has 2 fully saturated rings. The molecule has 1 aliphatic carbocycles. The zero-order valence-electron chi connectivity index (χ0n) is 19.1. The molecule has 6 nitrogen and oxygen atoms in total. The molecule has 0 bridgehead atoms. The summed E-state index contributed by atoms with van der Waals surface area (Å²) in [4.78, 5) is 7.55. The maximum absolute atomic E-state index is 5.68. The van der Waals surface area contributed by atoms with Crippen LogP contribution in [0.5, 0.6) is 5.75 Å². The maximum Gasteiger partial charge on any atom is 0.191 e. The lowest BCUT2D eigenvalue weighted by atomic mass is 9.67. The van der Waals surface area contributed by atoms with Gasteiger partial charge in [-0.3, -0.25) is 9.89 Å². The average molecular weight is 417 g/mol. The molecule has 2 N–H and O–H groups in total. The van der Waals surface area contributed by atoms with Crippen LogP contribution in [0, 0.1) is 5.41 Å². The Bertz CT molecular complexity index is 669. The van der Waals surface area contributed by atoms with Crippen LogP contribution in [0.1, 0.15) is 57.1 Å². The van der Waals surface area contributed by atoms with Gasteiger partial charge in [-0.25, -0.2) is 0 Å². The van der Waals surface area contributed by atoms with Crippen molar-refractivity contribution in [2.45, 2.75) is 51.5 Å². The first kappa shape index (κ1) is 22.9. The number of hydrogen-bond donors (Lipinski definition) is 2. The fraction of sp³-hybridized carbons (Fsp3) is 0.708. The highest BCUT2D eigenvalue weighted by molar-refractivity contribution is 5.79. The van der Waals surface area contributed by atoms with E-state index in [0.29, 0.717) is 5.41 Å². The summed E-state index contributed by atoms with van der Waals surface area (Å²) < 4.78 is 11.0. The number of guanidine groups is 1. The summed E-state index contributed by atoms with van der Waals surface area (Å²) in [5.74, 6) is 1.88. The molecule has 168 valence electrons. The second-order valence-electron chi connectivity index (χ2n) is 8.67. The smallest absolute Gasteiger partial charge is 0.191 e. The fourth-order valence-electron chi connectivity index (χ4n) is 4.70. The highest BCUT2D eigenvalue weighted by atomic mass is 16.5. The number of ether oxygens (including phenoxy) is 2. The van der Waals surface area contributed by atoms with Crippen molar-refractivity contribution in [3.8, 4) is 5.75 Å². The first-order valence-electron chi connectivity index (χ1n) is 11.6. The van der Waals surface area contributed by atoms with Gasteiger partial charge >= 0.3 is 0 Å². The van der Waals surface area contributed by atoms with Crippen molar-refractivity contribution in [3.05, 3.63) is 29.8 Å². The monoisotopic (exact) mass is 416 g/mol. The van der Waals surface area contributed by atoms with Crippen LogP contribution in [0.15, 0.2) is 29.3 Å². The second kappa shape index (κ2) is 11.6. The molecule has 0 amide bonds. The van der Waals surface area contributed by atoms with Crippen molar-refractivity contribution >= 4 is 5.96 Å². The molecule has 1 saturated heterocycles. The number of nitrogens with zero attached hydrogens (tertiary/aromatic N) is 2. The average Bonchev–Trinajstić information content (AvgIpc) is 3.27. The molecule has 3 rings (SSSR count). The van der Waals surface area contributed by atoms with Crippen LogP contribution >= 0.6 is 0 Å². The van der Waals surface area contributed by atoms with Crippen molar-refractivity contribution in [1.29, 1.82) is 0 Å². The minimum atomic E-state index is 0.277. The van der Waals surface area contributed by atoms with E-state index < -0.39 is 0 Å². The lowest BCUT2D eigenvalue weighted by Crippen LogP contribution is -2.44. The van der Waals surface area contributed by atoms with Crippen LogP contribution in [0.4, 0.5) is 0 Å². The van der Waals surface area contributed by atoms with Crippen molar-refractivity contribution < 1.29 is 9.47 Å². The largest absolute Gasteiger partial charge is 0.496 e. The zero-order chi connectivity index (χ0) is 21.2. The van der Waals surface area contributed by atoms with Gasteiger partial charge in [-0.1, -0.05) is 24.6 Å². The molecule has 30 heavy (non-hydrogen) atoms. The van der Waals surface area contributed by atoms with Gasteiger partial charge in [0.15, 0.2) is 5.96 Å². The second-order valence-corrected chi connectivity index (χ2v) is 8.67. The molecule has 1 saturated carbocycles. The van der Waals surface area contributed by atoms with Crippen LogP contribution in [-0.4, -0.2) is 64.4 Å². The molecule has 1 atom stereocenters. The summed E-state index contributed by atoms with van der Waals surface area (Å²) in [5, 5.41) is 7.08. The standard InChI is InChI=1S/C24H40N4O2/c1-4-25-23(27-19-24(12-9-13-24)14-17-29-2)26-18-21(28-15-7-8-16-28)20-10-5-6-11-22(20)30-3/h5-6,10-11,21H,4,7-9,12-19H2,1-3H3,(H2,25,26,27). The first-order chi connectivity index (χ1) is 14.7. The molecular weight excluding hydrogens is 376 g/mol. The number of rotatable bonds is 11. The minimum absolute atomic E-state index is 0.277. The van der Waals surface area contributed by atoms with Gasteiger partial charge in [-0.2, -0.15) is 0 Å². The summed E-state index contributed by atoms with van der Waals surface area (Å²) in [5.41, 5.74) is 1.58. The summed E-state index contributed by atoms with van der Waals surface area (Å²) in [7, 11) is 3.55. The van der Waals surface area contributed by atoms with Crippen LogP contribution in [0.3, 0.4) is 0 Å². The number of likely N-dealkylation sites (tertiary alicyclic amines) is 1. The van der Waals surface area contributed by atoms with Crippen LogP contribution in [0.25, 0.3) is 0 Å². The molecule has 1 aromatic rings. The van der Waals surface area contributed by atoms with E-state index >= 15 is 0 Å². The van der Waals surface area contributed by atoms with E-state index in [2.05, 4.69) is 40.7 Å². The molecule has 1 heterocycles. The number of aliphatic imine (C=N–C) groups is 1. The van der Waals surface area contributed by atoms with Gasteiger partial charge in [0.05, 0.1) is 13.2 Å². The maximum atomic E-state index is 5.68. The third kappa shape index (κ3) is 5.88. The number of benzene rings is 1. The predicted molar refractivity (Wildman–Crippen MR) is 123 cm³/mol. The Kier molecular flexibility index (Phi) is 8.82. The summed E-state index contributed by atoms with van der Waals surface area (Å²) in [6, 6.07) is 8.69. The number of nitrogens with one attached hydrogen (secondary N) is 2. The van der Waals surface area contributed by atoms with Gasteiger partial charge in [0.2, 0.25) is 0 Å². The Labute approximate surface area is 182 Å². The topological polar surface area (TPSA) is 58.1 Å². The summed E-state index contributed by atoms with van der Waals surface area (Å²) >= 11 is 0. The Morgan fingerprint density at radius 2 is 1.90 bits per heavy atom. The van der Waals surface area contributed by atoms with E-state index in [0.717, 1.165) is 57.5 Å². The van der Waals surface area contributed by atoms with E-state index in [1.165, 1.54) is 37.7 Å². The van der Waals surface area contributed by atoms with E-state index in [9.17, 15) is 0 Å². The molecule has 2 aliphatic rings. The van der Waals surface area contributed by atoms with Gasteiger partial charge in [0, 0.05) is 38.9 Å². The van der Waals surface area contributed by atoms with Crippen LogP contribution in [0.2, 0.25) is 0 Å². The van der Waals surface area contributed by atoms with E-state index in [4.69, 9.17) is 14.5 Å². The van der Waals surface area contributed by atoms with Crippen LogP contribution < -0.4 is 15.4 Å². The van der Waals surface area contributed by atoms with Gasteiger partial charge < -0.3 is 20.1 Å². The van der Waals surface area contributed by atoms with Crippen LogP contribution in [-0.2, 0) is 4.74 Å². The zero-order valence-corrected chi connectivity index (χ0v) is 19.1. The van der Waals surface area contributed by atoms with Gasteiger partial charge in [0.25, 0.3) is 0 Å². The highest BCUT2D eigenvalue weighted by Gasteiger charge is 2.36. The van der Waals surface area contributed by atoms with Crippen molar-refractivity contribution in [2.24, 2.45) is 10.4 Å². The normalized spacial score (nSPS) is 19.9. The molecule has 0 radical (unpaired) electrons. The van der Waals surface area contributed by atoms with Crippen molar-refractivity contribution in [3.63, 3.8) is 0 Å². The Morgan fingerprint density at radius 3 is 2.53 bits per heavy atom. The minimum Gasteiger partial charge on any atom is -0.496 e. The fourth-order valence-corrected chi connectivity index (χ4v) is 4.70. The molecule has 1 aromatic carbocycles. The van der Waals surface area contributed by atoms with E-state index in [1.807, 2.05) is 6.07 Å². The van der Waals surface area contributed by atoms with Gasteiger partial charge in [0.1, 0.15) is 5.75 Å². The Hall–Kier alpha value is -1.79. The quantitative estimate of drug-likeness (QED) is 0.426. The summed E-state index contributed by atoms with van der Waals surface area (Å²) in [6.07, 6.45) is 7.47. The molecule has 6 heteroatoms. The molecule has 1 aliphatic heterocycles. The highest BCUT2D eigenvalue weighted by Crippen LogP contribution is 2.44. The molecule has 0 aromatic heterocycles. The third-order valence-corrected chi connectivity index (χ3v) is 6.71. The van der Waals surface area contributed by atoms with E-state index in [-0.39, 0.29) is 6.04 Å².